The molecule has 0 aliphatic carbocycles. The van der Waals surface area contributed by atoms with Crippen LogP contribution in [0.2, 0.25) is 0 Å². The fourth-order valence-electron chi connectivity index (χ4n) is 2.75. The predicted molar refractivity (Wildman–Crippen MR) is 99.8 cm³/mol. The molecule has 0 aliphatic rings. The lowest BCUT2D eigenvalue weighted by Gasteiger charge is -2.03. The number of aromatic nitrogens is 3. The number of nitrogens with zero attached hydrogens (tertiary/aromatic N) is 4. The van der Waals surface area contributed by atoms with Gasteiger partial charge >= 0.3 is 5.97 Å². The fourth-order valence-corrected chi connectivity index (χ4v) is 2.75. The molecule has 0 fully saturated rings. The number of nitrogens with one attached hydrogen (secondary N) is 1. The van der Waals surface area contributed by atoms with Gasteiger partial charge in [-0.25, -0.2) is 9.31 Å². The zero-order valence-corrected chi connectivity index (χ0v) is 14.0. The molecule has 0 atom stereocenters. The van der Waals surface area contributed by atoms with Crippen molar-refractivity contribution in [2.75, 3.05) is 5.32 Å². The van der Waals surface area contributed by atoms with E-state index in [-0.39, 0.29) is 5.56 Å². The van der Waals surface area contributed by atoms with Gasteiger partial charge in [-0.2, -0.15) is 10.2 Å². The number of fused-ring (bicyclic) bond motifs is 1. The first-order valence-electron chi connectivity index (χ1n) is 8.10. The molecule has 0 spiro atoms. The average Bonchev–Trinajstić information content (AvgIpc) is 3.10. The second-order valence-corrected chi connectivity index (χ2v) is 5.82. The van der Waals surface area contributed by atoms with Crippen LogP contribution >= 0.6 is 0 Å². The van der Waals surface area contributed by atoms with E-state index < -0.39 is 5.97 Å². The Morgan fingerprint density at radius 1 is 1.07 bits per heavy atom. The van der Waals surface area contributed by atoms with Crippen LogP contribution in [0.5, 0.6) is 0 Å². The Morgan fingerprint density at radius 2 is 1.93 bits per heavy atom. The SMILES string of the molecule is N#Cc1ccccc1Nc1nc2ccc(-c3cccc(C(=O)O)c3)cn2n1. The van der Waals surface area contributed by atoms with Crippen molar-refractivity contribution in [1.29, 1.82) is 5.26 Å². The Morgan fingerprint density at radius 3 is 2.74 bits per heavy atom. The molecule has 7 nitrogen and oxygen atoms in total. The van der Waals surface area contributed by atoms with Crippen LogP contribution in [0.3, 0.4) is 0 Å². The lowest BCUT2D eigenvalue weighted by Crippen LogP contribution is -1.96. The molecule has 2 aromatic heterocycles. The largest absolute Gasteiger partial charge is 0.478 e. The third-order valence-electron chi connectivity index (χ3n) is 4.07. The zero-order valence-electron chi connectivity index (χ0n) is 14.0. The van der Waals surface area contributed by atoms with Crippen molar-refractivity contribution in [2.24, 2.45) is 0 Å². The van der Waals surface area contributed by atoms with Gasteiger partial charge in [0.25, 0.3) is 0 Å². The van der Waals surface area contributed by atoms with Crippen molar-refractivity contribution in [3.63, 3.8) is 0 Å². The van der Waals surface area contributed by atoms with E-state index in [1.807, 2.05) is 18.2 Å². The summed E-state index contributed by atoms with van der Waals surface area (Å²) in [6, 6.07) is 19.6. The molecule has 2 N–H and O–H groups in total. The molecule has 4 aromatic rings. The minimum atomic E-state index is -0.971. The van der Waals surface area contributed by atoms with E-state index in [2.05, 4.69) is 21.5 Å². The first kappa shape index (κ1) is 16.3. The van der Waals surface area contributed by atoms with Gasteiger partial charge in [0.15, 0.2) is 5.65 Å². The standard InChI is InChI=1S/C20H13N5O2/c21-11-15-4-1-2-7-17(15)22-20-23-18-9-8-16(12-25(18)24-20)13-5-3-6-14(10-13)19(26)27/h1-10,12H,(H,22,24)(H,26,27). The molecule has 0 saturated carbocycles. The molecular weight excluding hydrogens is 342 g/mol. The van der Waals surface area contributed by atoms with Gasteiger partial charge in [0, 0.05) is 11.8 Å². The maximum Gasteiger partial charge on any atom is 0.335 e. The number of aromatic carboxylic acids is 1. The molecular formula is C20H13N5O2. The summed E-state index contributed by atoms with van der Waals surface area (Å²) in [5.74, 6) is -0.601. The highest BCUT2D eigenvalue weighted by Gasteiger charge is 2.09. The number of carboxylic acids is 1. The summed E-state index contributed by atoms with van der Waals surface area (Å²) in [5.41, 5.74) is 3.58. The highest BCUT2D eigenvalue weighted by Crippen LogP contribution is 2.23. The maximum absolute atomic E-state index is 11.2. The van der Waals surface area contributed by atoms with Crippen molar-refractivity contribution in [3.8, 4) is 17.2 Å². The van der Waals surface area contributed by atoms with Gasteiger partial charge < -0.3 is 10.4 Å². The lowest BCUT2D eigenvalue weighted by molar-refractivity contribution is 0.0697. The van der Waals surface area contributed by atoms with E-state index in [9.17, 15) is 10.1 Å². The second-order valence-electron chi connectivity index (χ2n) is 5.82. The predicted octanol–water partition coefficient (Wildman–Crippen LogP) is 3.71. The highest BCUT2D eigenvalue weighted by atomic mass is 16.4. The number of hydrogen-bond acceptors (Lipinski definition) is 5. The Hall–Kier alpha value is -4.18. The number of pyridine rings is 1. The number of rotatable bonds is 4. The minimum Gasteiger partial charge on any atom is -0.478 e. The van der Waals surface area contributed by atoms with E-state index in [1.165, 1.54) is 0 Å². The molecule has 7 heteroatoms. The third-order valence-corrected chi connectivity index (χ3v) is 4.07. The summed E-state index contributed by atoms with van der Waals surface area (Å²) in [7, 11) is 0. The Kier molecular flexibility index (Phi) is 3.99. The van der Waals surface area contributed by atoms with Crippen LogP contribution in [-0.2, 0) is 0 Å². The van der Waals surface area contributed by atoms with Crippen LogP contribution in [0.15, 0.2) is 66.9 Å². The Balaban J connectivity index is 1.69. The number of hydrogen-bond donors (Lipinski definition) is 2. The molecule has 0 unspecified atom stereocenters. The molecule has 0 radical (unpaired) electrons. The quantitative estimate of drug-likeness (QED) is 0.578. The number of anilines is 2. The van der Waals surface area contributed by atoms with Gasteiger partial charge in [0.1, 0.15) is 6.07 Å². The Bertz CT molecular complexity index is 1210. The maximum atomic E-state index is 11.2. The van der Waals surface area contributed by atoms with Gasteiger partial charge in [0.2, 0.25) is 5.95 Å². The lowest BCUT2D eigenvalue weighted by atomic mass is 10.1. The van der Waals surface area contributed by atoms with Crippen molar-refractivity contribution in [3.05, 3.63) is 78.0 Å². The normalized spacial score (nSPS) is 10.5. The highest BCUT2D eigenvalue weighted by molar-refractivity contribution is 5.89. The van der Waals surface area contributed by atoms with Gasteiger partial charge in [-0.3, -0.25) is 0 Å². The van der Waals surface area contributed by atoms with Crippen molar-refractivity contribution in [1.82, 2.24) is 14.6 Å². The molecule has 130 valence electrons. The van der Waals surface area contributed by atoms with E-state index in [0.29, 0.717) is 22.8 Å². The van der Waals surface area contributed by atoms with Gasteiger partial charge in [-0.1, -0.05) is 24.3 Å². The molecule has 0 saturated heterocycles. The van der Waals surface area contributed by atoms with E-state index in [4.69, 9.17) is 5.11 Å². The zero-order chi connectivity index (χ0) is 18.8. The minimum absolute atomic E-state index is 0.224. The van der Waals surface area contributed by atoms with Crippen molar-refractivity contribution < 1.29 is 9.90 Å². The second kappa shape index (κ2) is 6.61. The van der Waals surface area contributed by atoms with Crippen LogP contribution in [0.4, 0.5) is 11.6 Å². The van der Waals surface area contributed by atoms with Crippen molar-refractivity contribution in [2.45, 2.75) is 0 Å². The summed E-state index contributed by atoms with van der Waals surface area (Å²) < 4.78 is 1.61. The van der Waals surface area contributed by atoms with Gasteiger partial charge in [-0.15, -0.1) is 5.10 Å². The number of nitriles is 1. The van der Waals surface area contributed by atoms with Crippen molar-refractivity contribution >= 4 is 23.3 Å². The topological polar surface area (TPSA) is 103 Å². The average molecular weight is 355 g/mol. The molecule has 4 rings (SSSR count). The smallest absolute Gasteiger partial charge is 0.335 e. The summed E-state index contributed by atoms with van der Waals surface area (Å²) in [6.07, 6.45) is 1.78. The van der Waals surface area contributed by atoms with Gasteiger partial charge in [-0.05, 0) is 42.0 Å². The monoisotopic (exact) mass is 355 g/mol. The van der Waals surface area contributed by atoms with Crippen LogP contribution < -0.4 is 5.32 Å². The first-order chi connectivity index (χ1) is 13.1. The van der Waals surface area contributed by atoms with Crippen LogP contribution in [0.1, 0.15) is 15.9 Å². The molecule has 2 heterocycles. The van der Waals surface area contributed by atoms with Gasteiger partial charge in [0.05, 0.1) is 16.8 Å². The van der Waals surface area contributed by atoms with Crippen LogP contribution in [0.25, 0.3) is 16.8 Å². The molecule has 27 heavy (non-hydrogen) atoms. The van der Waals surface area contributed by atoms with E-state index >= 15 is 0 Å². The Labute approximate surface area is 154 Å². The van der Waals surface area contributed by atoms with E-state index in [0.717, 1.165) is 11.1 Å². The molecule has 2 aromatic carbocycles. The molecule has 0 bridgehead atoms. The number of carboxylic acid groups (broad SMARTS) is 1. The summed E-state index contributed by atoms with van der Waals surface area (Å²) in [5, 5.41) is 25.8. The number of benzene rings is 2. The first-order valence-corrected chi connectivity index (χ1v) is 8.10. The summed E-state index contributed by atoms with van der Waals surface area (Å²) in [6.45, 7) is 0. The fraction of sp³-hybridized carbons (Fsp3) is 0. The molecule has 0 amide bonds. The van der Waals surface area contributed by atoms with Crippen LogP contribution in [-0.4, -0.2) is 25.7 Å². The number of carbonyl (C=O) groups is 1. The number of para-hydroxylation sites is 1. The third kappa shape index (κ3) is 3.19. The summed E-state index contributed by atoms with van der Waals surface area (Å²) >= 11 is 0. The molecule has 0 aliphatic heterocycles. The van der Waals surface area contributed by atoms with E-state index in [1.54, 1.807) is 53.2 Å². The van der Waals surface area contributed by atoms with Crippen LogP contribution in [0, 0.1) is 11.3 Å². The summed E-state index contributed by atoms with van der Waals surface area (Å²) in [4.78, 5) is 15.6.